The minimum Gasteiger partial charge on any atom is -0.372 e. The van der Waals surface area contributed by atoms with Gasteiger partial charge in [0, 0.05) is 38.5 Å². The lowest BCUT2D eigenvalue weighted by atomic mass is 10.0. The average Bonchev–Trinajstić information content (AvgIpc) is 2.88. The van der Waals surface area contributed by atoms with E-state index >= 15 is 0 Å². The largest absolute Gasteiger partial charge is 0.372 e. The number of sulfonamides is 1. The lowest BCUT2D eigenvalue weighted by molar-refractivity contribution is -0.123. The average molecular weight is 503 g/mol. The number of unbranched alkanes of at least 4 members (excludes halogenated alkanes) is 1. The van der Waals surface area contributed by atoms with E-state index in [1.165, 1.54) is 11.1 Å². The maximum absolute atomic E-state index is 11.6. The van der Waals surface area contributed by atoms with E-state index < -0.39 is 42.3 Å². The smallest absolute Gasteiger partial charge is 0.259 e. The summed E-state index contributed by atoms with van der Waals surface area (Å²) in [7, 11) is -3.70. The Morgan fingerprint density at radius 2 is 1.66 bits per heavy atom. The molecule has 0 aliphatic rings. The van der Waals surface area contributed by atoms with Gasteiger partial charge >= 0.3 is 0 Å². The van der Waals surface area contributed by atoms with Crippen LogP contribution in [0.25, 0.3) is 22.5 Å². The minimum atomic E-state index is -3.70. The molecule has 0 atom stereocenters. The zero-order valence-electron chi connectivity index (χ0n) is 25.3. The Labute approximate surface area is 215 Å². The monoisotopic (exact) mass is 502 g/mol. The van der Waals surface area contributed by atoms with E-state index in [2.05, 4.69) is 4.98 Å². The van der Waals surface area contributed by atoms with Gasteiger partial charge in [-0.15, -0.1) is 0 Å². The van der Waals surface area contributed by atoms with Gasteiger partial charge in [-0.3, -0.25) is 14.5 Å². The SMILES string of the molecule is [2H]C([2H])([2H])C(N(CCCCOCC(=O)NS(C)(=O)=O)c1cnc(-c2ccccc2)c(-c2ccccc2)n1)C([2H])([2H])[2H]. The van der Waals surface area contributed by atoms with Crippen LogP contribution in [0.3, 0.4) is 0 Å². The van der Waals surface area contributed by atoms with Crippen molar-refractivity contribution >= 4 is 21.7 Å². The molecule has 9 heteroatoms. The van der Waals surface area contributed by atoms with Gasteiger partial charge in [0.05, 0.1) is 23.8 Å². The Kier molecular flexibility index (Phi) is 6.73. The number of amides is 1. The third kappa shape index (κ3) is 8.15. The summed E-state index contributed by atoms with van der Waals surface area (Å²) in [5.41, 5.74) is 2.54. The molecule has 0 fully saturated rings. The number of rotatable bonds is 12. The predicted molar refractivity (Wildman–Crippen MR) is 138 cm³/mol. The van der Waals surface area contributed by atoms with Crippen LogP contribution in [0, 0.1) is 0 Å². The second-order valence-corrected chi connectivity index (χ2v) is 9.56. The van der Waals surface area contributed by atoms with Crippen LogP contribution >= 0.6 is 0 Å². The number of ether oxygens (including phenoxy) is 1. The number of anilines is 1. The molecule has 1 N–H and O–H groups in total. The van der Waals surface area contributed by atoms with Crippen LogP contribution in [-0.2, 0) is 19.6 Å². The lowest BCUT2D eigenvalue weighted by Crippen LogP contribution is -2.33. The molecule has 0 spiro atoms. The standard InChI is InChI=1S/C26H32N4O4S/c1-20(2)30(16-10-11-17-34-19-24(31)29-35(3,32)33)23-18-27-25(21-12-6-4-7-13-21)26(28-23)22-14-8-5-9-15-22/h4-9,12-15,18,20H,10-11,16-17,19H2,1-3H3,(H,29,31)/i1D3,2D3. The Hall–Kier alpha value is -3.30. The van der Waals surface area contributed by atoms with Crippen molar-refractivity contribution in [1.29, 1.82) is 0 Å². The summed E-state index contributed by atoms with van der Waals surface area (Å²) in [6.07, 6.45) is 2.85. The Bertz CT molecular complexity index is 1390. The van der Waals surface area contributed by atoms with Gasteiger partial charge < -0.3 is 9.64 Å². The molecule has 1 amide bonds. The molecule has 0 radical (unpaired) electrons. The molecule has 186 valence electrons. The molecule has 35 heavy (non-hydrogen) atoms. The van der Waals surface area contributed by atoms with Crippen molar-refractivity contribution in [2.75, 3.05) is 30.9 Å². The minimum absolute atomic E-state index is 0.00602. The van der Waals surface area contributed by atoms with Crippen LogP contribution in [0.15, 0.2) is 66.9 Å². The van der Waals surface area contributed by atoms with Crippen molar-refractivity contribution in [2.45, 2.75) is 32.6 Å². The summed E-state index contributed by atoms with van der Waals surface area (Å²) in [4.78, 5) is 22.2. The highest BCUT2D eigenvalue weighted by Gasteiger charge is 2.17. The molecule has 1 heterocycles. The van der Waals surface area contributed by atoms with E-state index in [4.69, 9.17) is 17.9 Å². The van der Waals surface area contributed by atoms with Gasteiger partial charge in [0.25, 0.3) is 5.91 Å². The Balaban J connectivity index is 1.91. The van der Waals surface area contributed by atoms with Gasteiger partial charge in [0.15, 0.2) is 0 Å². The van der Waals surface area contributed by atoms with Gasteiger partial charge in [0.2, 0.25) is 10.0 Å². The molecule has 8 nitrogen and oxygen atoms in total. The van der Waals surface area contributed by atoms with E-state index in [0.717, 1.165) is 17.4 Å². The Morgan fingerprint density at radius 3 is 2.26 bits per heavy atom. The van der Waals surface area contributed by atoms with Crippen LogP contribution < -0.4 is 9.62 Å². The van der Waals surface area contributed by atoms with Crippen molar-refractivity contribution < 1.29 is 26.2 Å². The number of carbonyl (C=O) groups is 1. The maximum atomic E-state index is 11.6. The normalized spacial score (nSPS) is 14.7. The second kappa shape index (κ2) is 12.4. The van der Waals surface area contributed by atoms with E-state index in [9.17, 15) is 13.2 Å². The van der Waals surface area contributed by atoms with Crippen molar-refractivity contribution in [3.63, 3.8) is 0 Å². The highest BCUT2D eigenvalue weighted by Crippen LogP contribution is 2.30. The maximum Gasteiger partial charge on any atom is 0.259 e. The lowest BCUT2D eigenvalue weighted by Gasteiger charge is -2.28. The highest BCUT2D eigenvalue weighted by atomic mass is 32.2. The zero-order chi connectivity index (χ0) is 30.3. The number of hydrogen-bond donors (Lipinski definition) is 1. The third-order valence-corrected chi connectivity index (χ3v) is 5.53. The number of hydrogen-bond acceptors (Lipinski definition) is 7. The molecule has 0 aliphatic carbocycles. The first kappa shape index (κ1) is 19.0. The van der Waals surface area contributed by atoms with Crippen molar-refractivity contribution in [3.8, 4) is 22.5 Å². The molecule has 0 aliphatic heterocycles. The number of nitrogens with zero attached hydrogens (tertiary/aromatic N) is 3. The molecule has 1 aromatic heterocycles. The van der Waals surface area contributed by atoms with Gasteiger partial charge in [0.1, 0.15) is 12.4 Å². The number of aromatic nitrogens is 2. The van der Waals surface area contributed by atoms with E-state index in [-0.39, 0.29) is 19.0 Å². The molecule has 0 bridgehead atoms. The molecule has 3 rings (SSSR count). The van der Waals surface area contributed by atoms with E-state index in [1.54, 1.807) is 4.72 Å². The molecular weight excluding hydrogens is 464 g/mol. The second-order valence-electron chi connectivity index (χ2n) is 7.81. The number of benzene rings is 2. The van der Waals surface area contributed by atoms with Crippen LogP contribution in [0.2, 0.25) is 0 Å². The predicted octanol–water partition coefficient (Wildman–Crippen LogP) is 3.90. The number of nitrogens with one attached hydrogen (secondary N) is 1. The van der Waals surface area contributed by atoms with Crippen molar-refractivity contribution in [1.82, 2.24) is 14.7 Å². The molecule has 3 aromatic rings. The van der Waals surface area contributed by atoms with Crippen LogP contribution in [-0.4, -0.2) is 56.3 Å². The molecule has 2 aromatic carbocycles. The van der Waals surface area contributed by atoms with Crippen LogP contribution in [0.5, 0.6) is 0 Å². The summed E-state index contributed by atoms with van der Waals surface area (Å²) in [6.45, 7) is -6.17. The van der Waals surface area contributed by atoms with Crippen LogP contribution in [0.4, 0.5) is 5.82 Å². The van der Waals surface area contributed by atoms with Crippen molar-refractivity contribution in [2.24, 2.45) is 0 Å². The topological polar surface area (TPSA) is 101 Å². The first-order valence-electron chi connectivity index (χ1n) is 14.0. The van der Waals surface area contributed by atoms with Gasteiger partial charge in [-0.1, -0.05) is 60.7 Å². The first-order chi connectivity index (χ1) is 19.2. The van der Waals surface area contributed by atoms with E-state index in [1.807, 2.05) is 60.7 Å². The number of carbonyl (C=O) groups excluding carboxylic acids is 1. The van der Waals surface area contributed by atoms with E-state index in [0.29, 0.717) is 24.2 Å². The molecular formula is C26H32N4O4S. The Morgan fingerprint density at radius 1 is 1.03 bits per heavy atom. The molecule has 0 saturated carbocycles. The summed E-state index contributed by atoms with van der Waals surface area (Å²) in [6, 6.07) is 16.7. The fourth-order valence-electron chi connectivity index (χ4n) is 3.39. The third-order valence-electron chi connectivity index (χ3n) is 4.93. The summed E-state index contributed by atoms with van der Waals surface area (Å²) in [5, 5.41) is 0. The molecule has 0 unspecified atom stereocenters. The van der Waals surface area contributed by atoms with Crippen molar-refractivity contribution in [3.05, 3.63) is 66.9 Å². The van der Waals surface area contributed by atoms with Gasteiger partial charge in [-0.2, -0.15) is 0 Å². The fourth-order valence-corrected chi connectivity index (χ4v) is 3.86. The highest BCUT2D eigenvalue weighted by molar-refractivity contribution is 7.89. The van der Waals surface area contributed by atoms with Gasteiger partial charge in [-0.25, -0.2) is 13.4 Å². The van der Waals surface area contributed by atoms with Gasteiger partial charge in [-0.05, 0) is 26.5 Å². The first-order valence-corrected chi connectivity index (χ1v) is 12.9. The molecule has 0 saturated heterocycles. The fraction of sp³-hybridized carbons (Fsp3) is 0.346. The quantitative estimate of drug-likeness (QED) is 0.375. The summed E-state index contributed by atoms with van der Waals surface area (Å²) >= 11 is 0. The van der Waals surface area contributed by atoms with Crippen LogP contribution in [0.1, 0.15) is 34.8 Å². The zero-order valence-corrected chi connectivity index (χ0v) is 20.2. The summed E-state index contributed by atoms with van der Waals surface area (Å²) in [5.74, 6) is -0.726. The summed E-state index contributed by atoms with van der Waals surface area (Å²) < 4.78 is 77.6.